The van der Waals surface area contributed by atoms with Crippen molar-refractivity contribution in [2.45, 2.75) is 11.8 Å². The Morgan fingerprint density at radius 3 is 2.83 bits per heavy atom. The Morgan fingerprint density at radius 1 is 1.50 bits per heavy atom. The quantitative estimate of drug-likeness (QED) is 0.624. The first-order chi connectivity index (χ1) is 5.79. The second-order valence-electron chi connectivity index (χ2n) is 2.21. The Bertz CT molecular complexity index is 263. The van der Waals surface area contributed by atoms with Gasteiger partial charge in [0.15, 0.2) is 0 Å². The van der Waals surface area contributed by atoms with Gasteiger partial charge >= 0.3 is 0 Å². The molecular weight excluding hydrogens is 283 g/mol. The van der Waals surface area contributed by atoms with Crippen LogP contribution in [0.3, 0.4) is 0 Å². The summed E-state index contributed by atoms with van der Waals surface area (Å²) < 4.78 is 6.42. The van der Waals surface area contributed by atoms with Crippen molar-refractivity contribution in [3.8, 4) is 5.75 Å². The SMILES string of the molecule is CCSc1cccc(OC)c1I. The Balaban J connectivity index is 2.97. The summed E-state index contributed by atoms with van der Waals surface area (Å²) in [7, 11) is 1.71. The second-order valence-corrected chi connectivity index (χ2v) is 4.59. The van der Waals surface area contributed by atoms with Crippen LogP contribution in [0.15, 0.2) is 23.1 Å². The van der Waals surface area contributed by atoms with Crippen molar-refractivity contribution in [3.05, 3.63) is 21.8 Å². The van der Waals surface area contributed by atoms with E-state index in [-0.39, 0.29) is 0 Å². The molecule has 0 N–H and O–H groups in total. The molecule has 12 heavy (non-hydrogen) atoms. The largest absolute Gasteiger partial charge is 0.496 e. The van der Waals surface area contributed by atoms with Gasteiger partial charge in [-0.05, 0) is 40.5 Å². The van der Waals surface area contributed by atoms with E-state index in [1.807, 2.05) is 23.9 Å². The molecule has 0 fully saturated rings. The number of thioether (sulfide) groups is 1. The molecule has 0 aliphatic rings. The predicted molar refractivity (Wildman–Crippen MR) is 62.1 cm³/mol. The molecule has 0 amide bonds. The molecule has 66 valence electrons. The van der Waals surface area contributed by atoms with Gasteiger partial charge in [-0.3, -0.25) is 0 Å². The summed E-state index contributed by atoms with van der Waals surface area (Å²) in [6.07, 6.45) is 0. The van der Waals surface area contributed by atoms with Crippen molar-refractivity contribution in [2.75, 3.05) is 12.9 Å². The van der Waals surface area contributed by atoms with Crippen LogP contribution >= 0.6 is 34.4 Å². The Labute approximate surface area is 91.0 Å². The maximum absolute atomic E-state index is 5.21. The third-order valence-corrected chi connectivity index (χ3v) is 3.87. The third kappa shape index (κ3) is 2.29. The van der Waals surface area contributed by atoms with Crippen LogP contribution in [-0.4, -0.2) is 12.9 Å². The molecule has 0 heterocycles. The van der Waals surface area contributed by atoms with Gasteiger partial charge in [-0.15, -0.1) is 11.8 Å². The molecule has 0 aliphatic heterocycles. The zero-order valence-electron chi connectivity index (χ0n) is 7.13. The molecule has 3 heteroatoms. The van der Waals surface area contributed by atoms with Gasteiger partial charge in [0.2, 0.25) is 0 Å². The summed E-state index contributed by atoms with van der Waals surface area (Å²) in [5.74, 6) is 2.07. The molecule has 0 spiro atoms. The molecule has 0 atom stereocenters. The van der Waals surface area contributed by atoms with E-state index in [1.54, 1.807) is 7.11 Å². The van der Waals surface area contributed by atoms with E-state index in [9.17, 15) is 0 Å². The first-order valence-corrected chi connectivity index (χ1v) is 5.81. The van der Waals surface area contributed by atoms with Crippen molar-refractivity contribution in [1.82, 2.24) is 0 Å². The molecular formula is C9H11IOS. The van der Waals surface area contributed by atoms with Crippen LogP contribution in [0.25, 0.3) is 0 Å². The van der Waals surface area contributed by atoms with Crippen LogP contribution < -0.4 is 4.74 Å². The molecule has 0 saturated carbocycles. The first-order valence-electron chi connectivity index (χ1n) is 3.75. The van der Waals surface area contributed by atoms with Crippen LogP contribution in [0.4, 0.5) is 0 Å². The van der Waals surface area contributed by atoms with Crippen molar-refractivity contribution in [2.24, 2.45) is 0 Å². The van der Waals surface area contributed by atoms with Crippen molar-refractivity contribution in [3.63, 3.8) is 0 Å². The van der Waals surface area contributed by atoms with Crippen LogP contribution in [-0.2, 0) is 0 Å². The number of hydrogen-bond acceptors (Lipinski definition) is 2. The monoisotopic (exact) mass is 294 g/mol. The summed E-state index contributed by atoms with van der Waals surface area (Å²) in [6.45, 7) is 2.15. The summed E-state index contributed by atoms with van der Waals surface area (Å²) in [5, 5.41) is 0. The smallest absolute Gasteiger partial charge is 0.133 e. The molecule has 1 rings (SSSR count). The van der Waals surface area contributed by atoms with Gasteiger partial charge in [0.1, 0.15) is 5.75 Å². The molecule has 0 bridgehead atoms. The van der Waals surface area contributed by atoms with Crippen LogP contribution in [0.1, 0.15) is 6.92 Å². The topological polar surface area (TPSA) is 9.23 Å². The maximum Gasteiger partial charge on any atom is 0.133 e. The molecule has 1 nitrogen and oxygen atoms in total. The maximum atomic E-state index is 5.21. The molecule has 0 saturated heterocycles. The molecule has 0 unspecified atom stereocenters. The van der Waals surface area contributed by atoms with Crippen molar-refractivity contribution >= 4 is 34.4 Å². The highest BCUT2D eigenvalue weighted by Crippen LogP contribution is 2.30. The summed E-state index contributed by atoms with van der Waals surface area (Å²) in [5.41, 5.74) is 0. The number of ether oxygens (including phenoxy) is 1. The van der Waals surface area contributed by atoms with Gasteiger partial charge < -0.3 is 4.74 Å². The standard InChI is InChI=1S/C9H11IOS/c1-3-12-8-6-4-5-7(11-2)9(8)10/h4-6H,3H2,1-2H3. The second kappa shape index (κ2) is 4.97. The lowest BCUT2D eigenvalue weighted by Gasteiger charge is -2.06. The molecule has 1 aromatic rings. The zero-order chi connectivity index (χ0) is 8.97. The van der Waals surface area contributed by atoms with E-state index in [1.165, 1.54) is 8.47 Å². The number of benzene rings is 1. The minimum Gasteiger partial charge on any atom is -0.496 e. The zero-order valence-corrected chi connectivity index (χ0v) is 10.1. The van der Waals surface area contributed by atoms with Crippen LogP contribution in [0.5, 0.6) is 5.75 Å². The van der Waals surface area contributed by atoms with E-state index < -0.39 is 0 Å². The van der Waals surface area contributed by atoms with Gasteiger partial charge in [-0.25, -0.2) is 0 Å². The Hall–Kier alpha value is 0.100. The fraction of sp³-hybridized carbons (Fsp3) is 0.333. The third-order valence-electron chi connectivity index (χ3n) is 1.45. The molecule has 0 radical (unpaired) electrons. The highest BCUT2D eigenvalue weighted by Gasteiger charge is 2.04. The van der Waals surface area contributed by atoms with Crippen molar-refractivity contribution in [1.29, 1.82) is 0 Å². The molecule has 0 aromatic heterocycles. The number of hydrogen-bond donors (Lipinski definition) is 0. The van der Waals surface area contributed by atoms with E-state index >= 15 is 0 Å². The fourth-order valence-electron chi connectivity index (χ4n) is 0.915. The van der Waals surface area contributed by atoms with Gasteiger partial charge in [0.25, 0.3) is 0 Å². The van der Waals surface area contributed by atoms with Gasteiger partial charge in [0, 0.05) is 4.90 Å². The Kier molecular flexibility index (Phi) is 4.21. The minimum absolute atomic E-state index is 0.967. The molecule has 1 aromatic carbocycles. The normalized spacial score (nSPS) is 9.92. The number of halogens is 1. The van der Waals surface area contributed by atoms with E-state index in [0.717, 1.165) is 11.5 Å². The lowest BCUT2D eigenvalue weighted by molar-refractivity contribution is 0.410. The number of methoxy groups -OCH3 is 1. The van der Waals surface area contributed by atoms with E-state index in [0.29, 0.717) is 0 Å². The fourth-order valence-corrected chi connectivity index (χ4v) is 2.68. The average Bonchev–Trinajstić information content (AvgIpc) is 2.09. The summed E-state index contributed by atoms with van der Waals surface area (Å²) in [4.78, 5) is 1.30. The lowest BCUT2D eigenvalue weighted by atomic mass is 10.3. The average molecular weight is 294 g/mol. The van der Waals surface area contributed by atoms with E-state index in [4.69, 9.17) is 4.74 Å². The summed E-state index contributed by atoms with van der Waals surface area (Å²) in [6, 6.07) is 6.14. The lowest BCUT2D eigenvalue weighted by Crippen LogP contribution is -1.88. The predicted octanol–water partition coefficient (Wildman–Crippen LogP) is 3.41. The molecule has 0 aliphatic carbocycles. The van der Waals surface area contributed by atoms with Gasteiger partial charge in [0.05, 0.1) is 10.7 Å². The highest BCUT2D eigenvalue weighted by atomic mass is 127. The minimum atomic E-state index is 0.967. The van der Waals surface area contributed by atoms with Gasteiger partial charge in [-0.2, -0.15) is 0 Å². The number of rotatable bonds is 3. The first kappa shape index (κ1) is 10.2. The highest BCUT2D eigenvalue weighted by molar-refractivity contribution is 14.1. The van der Waals surface area contributed by atoms with Gasteiger partial charge in [-0.1, -0.05) is 13.0 Å². The van der Waals surface area contributed by atoms with Crippen molar-refractivity contribution < 1.29 is 4.74 Å². The van der Waals surface area contributed by atoms with Crippen LogP contribution in [0.2, 0.25) is 0 Å². The van der Waals surface area contributed by atoms with Crippen LogP contribution in [0, 0.1) is 3.57 Å². The van der Waals surface area contributed by atoms with E-state index in [2.05, 4.69) is 35.6 Å². The Morgan fingerprint density at radius 2 is 2.25 bits per heavy atom. The summed E-state index contributed by atoms with van der Waals surface area (Å²) >= 11 is 4.16.